The van der Waals surface area contributed by atoms with Gasteiger partial charge in [0.2, 0.25) is 11.8 Å². The second-order valence-corrected chi connectivity index (χ2v) is 12.5. The van der Waals surface area contributed by atoms with Crippen molar-refractivity contribution < 1.29 is 18.0 Å². The molecule has 3 aromatic carbocycles. The number of sulfonamides is 1. The third kappa shape index (κ3) is 7.97. The minimum Gasteiger partial charge on any atom is -0.354 e. The summed E-state index contributed by atoms with van der Waals surface area (Å²) in [6.45, 7) is 7.39. The molecule has 1 N–H and O–H groups in total. The number of hydrogen-bond acceptors (Lipinski definition) is 4. The number of amides is 2. The van der Waals surface area contributed by atoms with Gasteiger partial charge in [-0.1, -0.05) is 67.4 Å². The van der Waals surface area contributed by atoms with Crippen molar-refractivity contribution in [3.63, 3.8) is 0 Å². The standard InChI is InChI=1S/C29H33Cl2N3O4S/c1-20(2)17-32-29(36)22(4)33(18-23-9-11-24(30)12-10-23)28(35)19-34(27-8-6-5-7-21(27)3)39(37,38)26-15-13-25(31)14-16-26/h5-16,20,22H,17-19H2,1-4H3,(H,32,36). The maximum atomic E-state index is 13.9. The molecule has 7 nitrogen and oxygen atoms in total. The summed E-state index contributed by atoms with van der Waals surface area (Å²) in [5, 5.41) is 3.80. The molecule has 3 rings (SSSR count). The van der Waals surface area contributed by atoms with E-state index in [9.17, 15) is 18.0 Å². The lowest BCUT2D eigenvalue weighted by Gasteiger charge is -2.32. The monoisotopic (exact) mass is 589 g/mol. The molecule has 3 aromatic rings. The Hall–Kier alpha value is -3.07. The van der Waals surface area contributed by atoms with Crippen LogP contribution in [0.2, 0.25) is 10.0 Å². The fourth-order valence-corrected chi connectivity index (χ4v) is 5.64. The van der Waals surface area contributed by atoms with E-state index in [0.717, 1.165) is 9.87 Å². The van der Waals surface area contributed by atoms with E-state index in [2.05, 4.69) is 5.32 Å². The first kappa shape index (κ1) is 30.5. The summed E-state index contributed by atoms with van der Waals surface area (Å²) in [4.78, 5) is 28.3. The van der Waals surface area contributed by atoms with Crippen molar-refractivity contribution in [3.05, 3.63) is 94.0 Å². The molecule has 0 spiro atoms. The van der Waals surface area contributed by atoms with Crippen LogP contribution in [0.3, 0.4) is 0 Å². The Balaban J connectivity index is 2.02. The van der Waals surface area contributed by atoms with Crippen LogP contribution in [0.1, 0.15) is 31.9 Å². The highest BCUT2D eigenvalue weighted by molar-refractivity contribution is 7.92. The summed E-state index contributed by atoms with van der Waals surface area (Å²) in [6.07, 6.45) is 0. The number of rotatable bonds is 11. The molecule has 0 fully saturated rings. The van der Waals surface area contributed by atoms with Crippen molar-refractivity contribution in [2.45, 2.75) is 45.2 Å². The number of carbonyl (C=O) groups excluding carboxylic acids is 2. The van der Waals surface area contributed by atoms with E-state index in [1.165, 1.54) is 29.2 Å². The zero-order valence-electron chi connectivity index (χ0n) is 22.4. The van der Waals surface area contributed by atoms with E-state index in [-0.39, 0.29) is 23.3 Å². The zero-order valence-corrected chi connectivity index (χ0v) is 24.7. The smallest absolute Gasteiger partial charge is 0.264 e. The van der Waals surface area contributed by atoms with Gasteiger partial charge in [-0.15, -0.1) is 0 Å². The Bertz CT molecular complexity index is 1390. The van der Waals surface area contributed by atoms with Crippen LogP contribution in [-0.2, 0) is 26.2 Å². The number of anilines is 1. The van der Waals surface area contributed by atoms with Gasteiger partial charge in [0.25, 0.3) is 10.0 Å². The van der Waals surface area contributed by atoms with Crippen LogP contribution in [0.4, 0.5) is 5.69 Å². The number of nitrogens with zero attached hydrogens (tertiary/aromatic N) is 2. The van der Waals surface area contributed by atoms with Crippen LogP contribution in [0.5, 0.6) is 0 Å². The molecule has 0 heterocycles. The topological polar surface area (TPSA) is 86.8 Å². The summed E-state index contributed by atoms with van der Waals surface area (Å²) in [5.41, 5.74) is 1.79. The molecule has 0 aromatic heterocycles. The van der Waals surface area contributed by atoms with Crippen LogP contribution in [-0.4, -0.2) is 44.3 Å². The second kappa shape index (κ2) is 13.3. The zero-order chi connectivity index (χ0) is 28.7. The predicted molar refractivity (Wildman–Crippen MR) is 156 cm³/mol. The fourth-order valence-electron chi connectivity index (χ4n) is 3.91. The highest BCUT2D eigenvalue weighted by Crippen LogP contribution is 2.28. The lowest BCUT2D eigenvalue weighted by atomic mass is 10.1. The average molecular weight is 591 g/mol. The Morgan fingerprint density at radius 1 is 0.872 bits per heavy atom. The average Bonchev–Trinajstić information content (AvgIpc) is 2.90. The molecule has 2 amide bonds. The summed E-state index contributed by atoms with van der Waals surface area (Å²) >= 11 is 12.0. The van der Waals surface area contributed by atoms with Gasteiger partial charge in [0.1, 0.15) is 12.6 Å². The quantitative estimate of drug-likeness (QED) is 0.311. The molecule has 1 atom stereocenters. The van der Waals surface area contributed by atoms with Crippen LogP contribution >= 0.6 is 23.2 Å². The number of halogens is 2. The summed E-state index contributed by atoms with van der Waals surface area (Å²) in [5.74, 6) is -0.630. The van der Waals surface area contributed by atoms with E-state index >= 15 is 0 Å². The second-order valence-electron chi connectivity index (χ2n) is 9.72. The molecule has 208 valence electrons. The SMILES string of the molecule is Cc1ccccc1N(CC(=O)N(Cc1ccc(Cl)cc1)C(C)C(=O)NCC(C)C)S(=O)(=O)c1ccc(Cl)cc1. The Morgan fingerprint density at radius 3 is 2.00 bits per heavy atom. The van der Waals surface area contributed by atoms with E-state index < -0.39 is 28.5 Å². The minimum absolute atomic E-state index is 0.00470. The molecular formula is C29H33Cl2N3O4S. The fraction of sp³-hybridized carbons (Fsp3) is 0.310. The molecular weight excluding hydrogens is 557 g/mol. The molecule has 0 aliphatic rings. The van der Waals surface area contributed by atoms with Gasteiger partial charge in [0.15, 0.2) is 0 Å². The largest absolute Gasteiger partial charge is 0.354 e. The van der Waals surface area contributed by atoms with Gasteiger partial charge in [-0.3, -0.25) is 13.9 Å². The number of nitrogens with one attached hydrogen (secondary N) is 1. The minimum atomic E-state index is -4.16. The molecule has 0 aliphatic heterocycles. The number of hydrogen-bond donors (Lipinski definition) is 1. The lowest BCUT2D eigenvalue weighted by molar-refractivity contribution is -0.139. The number of benzene rings is 3. The van der Waals surface area contributed by atoms with Crippen LogP contribution in [0.15, 0.2) is 77.7 Å². The van der Waals surface area contributed by atoms with Gasteiger partial charge in [-0.25, -0.2) is 8.42 Å². The molecule has 0 radical (unpaired) electrons. The van der Waals surface area contributed by atoms with E-state index in [1.807, 2.05) is 13.8 Å². The summed E-state index contributed by atoms with van der Waals surface area (Å²) in [7, 11) is -4.16. The highest BCUT2D eigenvalue weighted by atomic mass is 35.5. The summed E-state index contributed by atoms with van der Waals surface area (Å²) in [6, 6.07) is 18.8. The lowest BCUT2D eigenvalue weighted by Crippen LogP contribution is -2.51. The molecule has 0 saturated heterocycles. The maximum absolute atomic E-state index is 13.9. The molecule has 10 heteroatoms. The van der Waals surface area contributed by atoms with Crippen molar-refractivity contribution in [1.29, 1.82) is 0 Å². The molecule has 39 heavy (non-hydrogen) atoms. The molecule has 1 unspecified atom stereocenters. The maximum Gasteiger partial charge on any atom is 0.264 e. The van der Waals surface area contributed by atoms with Crippen molar-refractivity contribution in [1.82, 2.24) is 10.2 Å². The van der Waals surface area contributed by atoms with Gasteiger partial charge in [-0.05, 0) is 73.4 Å². The first-order chi connectivity index (χ1) is 18.4. The van der Waals surface area contributed by atoms with E-state index in [0.29, 0.717) is 27.8 Å². The highest BCUT2D eigenvalue weighted by Gasteiger charge is 2.33. The Kier molecular flexibility index (Phi) is 10.4. The first-order valence-electron chi connectivity index (χ1n) is 12.6. The normalized spacial score (nSPS) is 12.2. The van der Waals surface area contributed by atoms with Gasteiger partial charge < -0.3 is 10.2 Å². The first-order valence-corrected chi connectivity index (χ1v) is 14.7. The Morgan fingerprint density at radius 2 is 1.44 bits per heavy atom. The van der Waals surface area contributed by atoms with Crippen molar-refractivity contribution in [3.8, 4) is 0 Å². The van der Waals surface area contributed by atoms with Gasteiger partial charge in [0, 0.05) is 23.1 Å². The third-order valence-corrected chi connectivity index (χ3v) is 8.46. The molecule has 0 aliphatic carbocycles. The van der Waals surface area contributed by atoms with Crippen LogP contribution in [0.25, 0.3) is 0 Å². The molecule has 0 bridgehead atoms. The number of carbonyl (C=O) groups is 2. The molecule has 0 saturated carbocycles. The Labute approximate surface area is 240 Å². The van der Waals surface area contributed by atoms with E-state index in [4.69, 9.17) is 23.2 Å². The van der Waals surface area contributed by atoms with Crippen molar-refractivity contribution in [2.75, 3.05) is 17.4 Å². The van der Waals surface area contributed by atoms with Crippen LogP contribution < -0.4 is 9.62 Å². The van der Waals surface area contributed by atoms with Crippen LogP contribution in [0, 0.1) is 12.8 Å². The van der Waals surface area contributed by atoms with Gasteiger partial charge >= 0.3 is 0 Å². The number of para-hydroxylation sites is 1. The summed E-state index contributed by atoms with van der Waals surface area (Å²) < 4.78 is 28.8. The van der Waals surface area contributed by atoms with Crippen molar-refractivity contribution >= 4 is 50.7 Å². The van der Waals surface area contributed by atoms with Gasteiger partial charge in [0.05, 0.1) is 10.6 Å². The van der Waals surface area contributed by atoms with Gasteiger partial charge in [-0.2, -0.15) is 0 Å². The third-order valence-electron chi connectivity index (χ3n) is 6.18. The van der Waals surface area contributed by atoms with E-state index in [1.54, 1.807) is 62.4 Å². The van der Waals surface area contributed by atoms with Crippen molar-refractivity contribution in [2.24, 2.45) is 5.92 Å². The predicted octanol–water partition coefficient (Wildman–Crippen LogP) is 5.69. The number of aryl methyl sites for hydroxylation is 1.